The van der Waals surface area contributed by atoms with Crippen LogP contribution in [0.15, 0.2) is 30.4 Å². The number of ketones is 1. The molecule has 0 aromatic heterocycles. The molecule has 0 spiro atoms. The maximum absolute atomic E-state index is 11.4. The van der Waals surface area contributed by atoms with Crippen molar-refractivity contribution < 1.29 is 9.53 Å². The highest BCUT2D eigenvalue weighted by Gasteiger charge is 2.46. The third kappa shape index (κ3) is 1.16. The van der Waals surface area contributed by atoms with Gasteiger partial charge in [0, 0.05) is 12.0 Å². The molecule has 0 N–H and O–H groups in total. The van der Waals surface area contributed by atoms with Gasteiger partial charge in [-0.25, -0.2) is 0 Å². The van der Waals surface area contributed by atoms with Crippen molar-refractivity contribution in [1.29, 1.82) is 0 Å². The van der Waals surface area contributed by atoms with Crippen LogP contribution in [0.25, 0.3) is 0 Å². The Morgan fingerprint density at radius 2 is 2.25 bits per heavy atom. The van der Waals surface area contributed by atoms with Crippen molar-refractivity contribution >= 4 is 5.78 Å². The van der Waals surface area contributed by atoms with Gasteiger partial charge in [-0.1, -0.05) is 23.8 Å². The highest BCUT2D eigenvalue weighted by atomic mass is 16.5. The lowest BCUT2D eigenvalue weighted by Gasteiger charge is -2.29. The molecule has 0 fully saturated rings. The van der Waals surface area contributed by atoms with Crippen molar-refractivity contribution in [3.05, 3.63) is 41.5 Å². The van der Waals surface area contributed by atoms with Crippen molar-refractivity contribution in [2.45, 2.75) is 31.8 Å². The lowest BCUT2D eigenvalue weighted by molar-refractivity contribution is -0.117. The minimum atomic E-state index is -0.130. The molecule has 2 unspecified atom stereocenters. The number of carbonyl (C=O) groups is 1. The van der Waals surface area contributed by atoms with Crippen LogP contribution in [0.2, 0.25) is 0 Å². The average molecular weight is 214 g/mol. The number of hydrogen-bond donors (Lipinski definition) is 0. The van der Waals surface area contributed by atoms with Crippen molar-refractivity contribution in [1.82, 2.24) is 0 Å². The Labute approximate surface area is 94.9 Å². The van der Waals surface area contributed by atoms with Crippen LogP contribution >= 0.6 is 0 Å². The highest BCUT2D eigenvalue weighted by molar-refractivity contribution is 5.92. The topological polar surface area (TPSA) is 26.3 Å². The van der Waals surface area contributed by atoms with E-state index in [0.717, 1.165) is 5.75 Å². The second kappa shape index (κ2) is 2.97. The second-order valence-corrected chi connectivity index (χ2v) is 4.89. The molecule has 1 aliphatic carbocycles. The summed E-state index contributed by atoms with van der Waals surface area (Å²) in [6.45, 7) is 4.22. The molecule has 1 aromatic rings. The number of hydrogen-bond acceptors (Lipinski definition) is 2. The van der Waals surface area contributed by atoms with Crippen LogP contribution < -0.4 is 4.74 Å². The summed E-state index contributed by atoms with van der Waals surface area (Å²) in [7, 11) is 0. The van der Waals surface area contributed by atoms with Gasteiger partial charge in [0.05, 0.1) is 5.41 Å². The molecule has 16 heavy (non-hydrogen) atoms. The van der Waals surface area contributed by atoms with E-state index < -0.39 is 0 Å². The Kier molecular flexibility index (Phi) is 1.79. The maximum atomic E-state index is 11.4. The molecular formula is C14H14O2. The standard InChI is InChI=1S/C14H14O2/c1-9-3-4-12-11(7-9)14(2)6-5-10(15)8-13(14)16-12/h3-7,13H,8H2,1-2H3. The zero-order valence-corrected chi connectivity index (χ0v) is 9.49. The molecule has 1 heterocycles. The number of rotatable bonds is 0. The largest absolute Gasteiger partial charge is 0.488 e. The Balaban J connectivity index is 2.17. The van der Waals surface area contributed by atoms with E-state index in [2.05, 4.69) is 19.9 Å². The third-order valence-corrected chi connectivity index (χ3v) is 3.66. The first kappa shape index (κ1) is 9.64. The van der Waals surface area contributed by atoms with Gasteiger partial charge in [0.2, 0.25) is 0 Å². The van der Waals surface area contributed by atoms with Crippen LogP contribution in [-0.4, -0.2) is 11.9 Å². The van der Waals surface area contributed by atoms with Gasteiger partial charge in [-0.3, -0.25) is 4.79 Å². The fourth-order valence-electron chi connectivity index (χ4n) is 2.58. The summed E-state index contributed by atoms with van der Waals surface area (Å²) in [5.41, 5.74) is 2.31. The maximum Gasteiger partial charge on any atom is 0.159 e. The van der Waals surface area contributed by atoms with Gasteiger partial charge in [0.1, 0.15) is 11.9 Å². The summed E-state index contributed by atoms with van der Waals surface area (Å²) in [5.74, 6) is 1.09. The van der Waals surface area contributed by atoms with Crippen molar-refractivity contribution in [3.8, 4) is 5.75 Å². The second-order valence-electron chi connectivity index (χ2n) is 4.89. The summed E-state index contributed by atoms with van der Waals surface area (Å²) < 4.78 is 5.87. The predicted molar refractivity (Wildman–Crippen MR) is 61.7 cm³/mol. The van der Waals surface area contributed by atoms with Gasteiger partial charge in [0.25, 0.3) is 0 Å². The lowest BCUT2D eigenvalue weighted by Crippen LogP contribution is -2.38. The van der Waals surface area contributed by atoms with E-state index in [-0.39, 0.29) is 17.3 Å². The van der Waals surface area contributed by atoms with Gasteiger partial charge in [0.15, 0.2) is 5.78 Å². The van der Waals surface area contributed by atoms with Gasteiger partial charge in [-0.2, -0.15) is 0 Å². The van der Waals surface area contributed by atoms with Crippen molar-refractivity contribution in [2.24, 2.45) is 0 Å². The van der Waals surface area contributed by atoms with E-state index in [1.54, 1.807) is 6.08 Å². The van der Waals surface area contributed by atoms with E-state index in [1.807, 2.05) is 18.2 Å². The molecule has 82 valence electrons. The zero-order chi connectivity index (χ0) is 11.3. The SMILES string of the molecule is Cc1ccc2c(c1)C1(C)C=CC(=O)CC1O2. The van der Waals surface area contributed by atoms with Gasteiger partial charge in [-0.15, -0.1) is 0 Å². The fourth-order valence-corrected chi connectivity index (χ4v) is 2.58. The van der Waals surface area contributed by atoms with Crippen LogP contribution in [0, 0.1) is 6.92 Å². The number of fused-ring (bicyclic) bond motifs is 3. The first-order valence-corrected chi connectivity index (χ1v) is 5.59. The molecule has 1 aliphatic heterocycles. The summed E-state index contributed by atoms with van der Waals surface area (Å²) in [4.78, 5) is 11.4. The zero-order valence-electron chi connectivity index (χ0n) is 9.49. The summed E-state index contributed by atoms with van der Waals surface area (Å²) in [5, 5.41) is 0. The molecule has 2 atom stereocenters. The fraction of sp³-hybridized carbons (Fsp3) is 0.357. The molecule has 2 heteroatoms. The van der Waals surface area contributed by atoms with Crippen LogP contribution in [0.5, 0.6) is 5.75 Å². The van der Waals surface area contributed by atoms with E-state index in [9.17, 15) is 4.79 Å². The first-order chi connectivity index (χ1) is 7.59. The molecular weight excluding hydrogens is 200 g/mol. The number of carbonyl (C=O) groups excluding carboxylic acids is 1. The van der Waals surface area contributed by atoms with Crippen molar-refractivity contribution in [2.75, 3.05) is 0 Å². The Morgan fingerprint density at radius 1 is 1.44 bits per heavy atom. The summed E-state index contributed by atoms with van der Waals surface area (Å²) in [6.07, 6.45) is 4.15. The Bertz CT molecular complexity index is 501. The van der Waals surface area contributed by atoms with Crippen LogP contribution in [-0.2, 0) is 10.2 Å². The Morgan fingerprint density at radius 3 is 3.06 bits per heavy atom. The van der Waals surface area contributed by atoms with Gasteiger partial charge in [-0.05, 0) is 26.0 Å². The van der Waals surface area contributed by atoms with E-state index >= 15 is 0 Å². The molecule has 1 aromatic carbocycles. The van der Waals surface area contributed by atoms with Gasteiger partial charge >= 0.3 is 0 Å². The molecule has 2 aliphatic rings. The summed E-state index contributed by atoms with van der Waals surface area (Å²) in [6, 6.07) is 6.22. The normalized spacial score (nSPS) is 30.9. The molecule has 0 saturated heterocycles. The molecule has 3 rings (SSSR count). The van der Waals surface area contributed by atoms with E-state index in [1.165, 1.54) is 11.1 Å². The lowest BCUT2D eigenvalue weighted by atomic mass is 9.74. The van der Waals surface area contributed by atoms with Crippen LogP contribution in [0.1, 0.15) is 24.5 Å². The number of aryl methyl sites for hydroxylation is 1. The minimum Gasteiger partial charge on any atom is -0.488 e. The van der Waals surface area contributed by atoms with E-state index in [4.69, 9.17) is 4.74 Å². The van der Waals surface area contributed by atoms with Crippen LogP contribution in [0.4, 0.5) is 0 Å². The Hall–Kier alpha value is -1.57. The quantitative estimate of drug-likeness (QED) is 0.663. The minimum absolute atomic E-state index is 0.0261. The smallest absolute Gasteiger partial charge is 0.159 e. The highest BCUT2D eigenvalue weighted by Crippen LogP contribution is 2.47. The molecule has 0 radical (unpaired) electrons. The molecule has 0 amide bonds. The van der Waals surface area contributed by atoms with E-state index in [0.29, 0.717) is 6.42 Å². The molecule has 0 saturated carbocycles. The number of benzene rings is 1. The van der Waals surface area contributed by atoms with Gasteiger partial charge < -0.3 is 4.74 Å². The number of ether oxygens (including phenoxy) is 1. The summed E-state index contributed by atoms with van der Waals surface area (Å²) >= 11 is 0. The average Bonchev–Trinajstić information content (AvgIpc) is 2.52. The van der Waals surface area contributed by atoms with Crippen LogP contribution in [0.3, 0.4) is 0 Å². The molecule has 0 bridgehead atoms. The van der Waals surface area contributed by atoms with Crippen molar-refractivity contribution in [3.63, 3.8) is 0 Å². The molecule has 2 nitrogen and oxygen atoms in total. The monoisotopic (exact) mass is 214 g/mol. The number of allylic oxidation sites excluding steroid dienone is 1. The first-order valence-electron chi connectivity index (χ1n) is 5.59. The predicted octanol–water partition coefficient (Wildman–Crippen LogP) is 2.54. The third-order valence-electron chi connectivity index (χ3n) is 3.66.